The first-order chi connectivity index (χ1) is 20.9. The summed E-state index contributed by atoms with van der Waals surface area (Å²) in [7, 11) is 3.29. The molecule has 240 valence electrons. The Kier molecular flexibility index (Phi) is 18.2. The summed E-state index contributed by atoms with van der Waals surface area (Å²) < 4.78 is 16.8. The highest BCUT2D eigenvalue weighted by molar-refractivity contribution is 5.88. The summed E-state index contributed by atoms with van der Waals surface area (Å²) in [4.78, 5) is 11.6. The van der Waals surface area contributed by atoms with Gasteiger partial charge in [-0.05, 0) is 67.0 Å². The van der Waals surface area contributed by atoms with Crippen molar-refractivity contribution in [1.82, 2.24) is 0 Å². The van der Waals surface area contributed by atoms with Crippen molar-refractivity contribution >= 4 is 5.78 Å². The molecule has 2 rings (SSSR count). The molecule has 2 aromatic carbocycles. The molecule has 0 spiro atoms. The zero-order valence-corrected chi connectivity index (χ0v) is 27.5. The van der Waals surface area contributed by atoms with Crippen LogP contribution in [0.1, 0.15) is 114 Å². The zero-order valence-electron chi connectivity index (χ0n) is 27.5. The quantitative estimate of drug-likeness (QED) is 0.0919. The first-order valence-electron chi connectivity index (χ1n) is 16.6. The number of carbonyl (C=O) groups is 1. The van der Waals surface area contributed by atoms with Gasteiger partial charge in [-0.15, -0.1) is 0 Å². The molecule has 3 unspecified atom stereocenters. The maximum absolute atomic E-state index is 11.6. The summed E-state index contributed by atoms with van der Waals surface area (Å²) >= 11 is 0. The number of rotatable bonds is 25. The molecule has 0 amide bonds. The van der Waals surface area contributed by atoms with Gasteiger partial charge in [-0.2, -0.15) is 0 Å². The second-order valence-electron chi connectivity index (χ2n) is 12.0. The van der Waals surface area contributed by atoms with E-state index in [4.69, 9.17) is 14.2 Å². The Morgan fingerprint density at radius 1 is 0.837 bits per heavy atom. The van der Waals surface area contributed by atoms with E-state index in [1.54, 1.807) is 14.2 Å². The Morgan fingerprint density at radius 2 is 1.42 bits per heavy atom. The fraction of sp³-hybridized carbons (Fsp3) is 0.605. The minimum atomic E-state index is -0.435. The highest BCUT2D eigenvalue weighted by Gasteiger charge is 2.33. The normalized spacial score (nSPS) is 14.2. The number of hydrogen-bond donors (Lipinski definition) is 1. The van der Waals surface area contributed by atoms with Crippen LogP contribution in [0.15, 0.2) is 61.2 Å². The number of carbonyl (C=O) groups excluding carboxylic acids is 1. The van der Waals surface area contributed by atoms with Crippen LogP contribution in [0.25, 0.3) is 0 Å². The second kappa shape index (κ2) is 21.3. The second-order valence-corrected chi connectivity index (χ2v) is 12.0. The summed E-state index contributed by atoms with van der Waals surface area (Å²) in [5.74, 6) is 0.841. The third-order valence-corrected chi connectivity index (χ3v) is 8.66. The van der Waals surface area contributed by atoms with Gasteiger partial charge < -0.3 is 19.3 Å². The van der Waals surface area contributed by atoms with Gasteiger partial charge >= 0.3 is 0 Å². The summed E-state index contributed by atoms with van der Waals surface area (Å²) in [6.45, 7) is 8.87. The Labute approximate surface area is 262 Å². The molecule has 5 nitrogen and oxygen atoms in total. The summed E-state index contributed by atoms with van der Waals surface area (Å²) in [5, 5.41) is 10.1. The molecular formula is C38H58O5. The van der Waals surface area contributed by atoms with Crippen LogP contribution in [0, 0.1) is 0 Å². The third-order valence-electron chi connectivity index (χ3n) is 8.66. The van der Waals surface area contributed by atoms with Gasteiger partial charge in [0, 0.05) is 26.1 Å². The Balaban J connectivity index is 2.30. The van der Waals surface area contributed by atoms with E-state index in [-0.39, 0.29) is 17.3 Å². The number of ketones is 1. The van der Waals surface area contributed by atoms with Gasteiger partial charge in [0.2, 0.25) is 0 Å². The summed E-state index contributed by atoms with van der Waals surface area (Å²) in [5.41, 5.74) is 3.90. The van der Waals surface area contributed by atoms with Crippen LogP contribution in [0.2, 0.25) is 0 Å². The van der Waals surface area contributed by atoms with E-state index in [0.29, 0.717) is 32.5 Å². The van der Waals surface area contributed by atoms with Crippen molar-refractivity contribution in [3.05, 3.63) is 77.9 Å². The minimum Gasteiger partial charge on any atom is -0.491 e. The molecule has 0 saturated heterocycles. The lowest BCUT2D eigenvalue weighted by Gasteiger charge is -2.36. The van der Waals surface area contributed by atoms with Crippen molar-refractivity contribution in [2.24, 2.45) is 0 Å². The number of methoxy groups -OCH3 is 2. The van der Waals surface area contributed by atoms with E-state index in [1.165, 1.54) is 74.1 Å². The zero-order chi connectivity index (χ0) is 31.3. The molecular weight excluding hydrogens is 536 g/mol. The number of aryl methyl sites for hydroxylation is 1. The SMILES string of the molecule is C=CC(=O)CCC(COc1ccc(C(CCCCC)(CCCCCCC)c2ccc(CCC(O)COC)cc2)cc1)OC. The topological polar surface area (TPSA) is 65.0 Å². The van der Waals surface area contributed by atoms with Gasteiger partial charge in [0.1, 0.15) is 12.4 Å². The Bertz CT molecular complexity index is 1020. The lowest BCUT2D eigenvalue weighted by atomic mass is 9.67. The van der Waals surface area contributed by atoms with Crippen LogP contribution in [0.3, 0.4) is 0 Å². The number of allylic oxidation sites excluding steroid dienone is 1. The summed E-state index contributed by atoms with van der Waals surface area (Å²) in [6.07, 6.45) is 15.5. The number of aliphatic hydroxyl groups excluding tert-OH is 1. The third kappa shape index (κ3) is 13.0. The van der Waals surface area contributed by atoms with Crippen LogP contribution in [-0.4, -0.2) is 50.5 Å². The lowest BCUT2D eigenvalue weighted by Crippen LogP contribution is -2.28. The maximum atomic E-state index is 11.6. The minimum absolute atomic E-state index is 0.0252. The molecule has 0 saturated carbocycles. The van der Waals surface area contributed by atoms with E-state index in [9.17, 15) is 9.90 Å². The van der Waals surface area contributed by atoms with Gasteiger partial charge in [0.05, 0.1) is 18.8 Å². The summed E-state index contributed by atoms with van der Waals surface area (Å²) in [6, 6.07) is 17.8. The Hall–Kier alpha value is -2.47. The maximum Gasteiger partial charge on any atom is 0.155 e. The molecule has 3 atom stereocenters. The van der Waals surface area contributed by atoms with E-state index in [2.05, 4.69) is 69.0 Å². The van der Waals surface area contributed by atoms with E-state index >= 15 is 0 Å². The molecule has 5 heteroatoms. The van der Waals surface area contributed by atoms with Crippen LogP contribution in [0.4, 0.5) is 0 Å². The van der Waals surface area contributed by atoms with Crippen molar-refractivity contribution in [3.8, 4) is 5.75 Å². The van der Waals surface area contributed by atoms with Gasteiger partial charge in [0.25, 0.3) is 0 Å². The van der Waals surface area contributed by atoms with Gasteiger partial charge in [-0.1, -0.05) is 108 Å². The van der Waals surface area contributed by atoms with Crippen LogP contribution >= 0.6 is 0 Å². The molecule has 2 aromatic rings. The van der Waals surface area contributed by atoms with Crippen LogP contribution in [-0.2, 0) is 26.1 Å². The number of ether oxygens (including phenoxy) is 3. The first kappa shape index (κ1) is 36.7. The predicted molar refractivity (Wildman–Crippen MR) is 178 cm³/mol. The number of unbranched alkanes of at least 4 members (excludes halogenated alkanes) is 6. The highest BCUT2D eigenvalue weighted by atomic mass is 16.5. The van der Waals surface area contributed by atoms with Gasteiger partial charge in [-0.3, -0.25) is 4.79 Å². The average molecular weight is 595 g/mol. The smallest absolute Gasteiger partial charge is 0.155 e. The fourth-order valence-corrected chi connectivity index (χ4v) is 5.91. The molecule has 0 aromatic heterocycles. The van der Waals surface area contributed by atoms with Crippen LogP contribution in [0.5, 0.6) is 5.75 Å². The molecule has 1 N–H and O–H groups in total. The molecule has 0 fully saturated rings. The largest absolute Gasteiger partial charge is 0.491 e. The number of aliphatic hydroxyl groups is 1. The van der Waals surface area contributed by atoms with Crippen molar-refractivity contribution in [2.75, 3.05) is 27.4 Å². The lowest BCUT2D eigenvalue weighted by molar-refractivity contribution is -0.115. The fourth-order valence-electron chi connectivity index (χ4n) is 5.91. The standard InChI is InChI=1S/C38H58O5/c1-6-9-11-12-14-28-38(27-13-10-7-2,32-18-15-31(16-19-32)17-22-35(40)29-41-4)33-20-24-36(25-21-33)43-30-37(42-5)26-23-34(39)8-3/h8,15-16,18-21,24-25,35,37,40H,3,6-7,9-14,17,22-23,26-30H2,1-2,4-5H3. The monoisotopic (exact) mass is 594 g/mol. The molecule has 0 radical (unpaired) electrons. The molecule has 0 heterocycles. The van der Waals surface area contributed by atoms with Gasteiger partial charge in [-0.25, -0.2) is 0 Å². The van der Waals surface area contributed by atoms with E-state index in [0.717, 1.165) is 25.0 Å². The molecule has 43 heavy (non-hydrogen) atoms. The van der Waals surface area contributed by atoms with Crippen molar-refractivity contribution < 1.29 is 24.1 Å². The molecule has 0 aliphatic heterocycles. The predicted octanol–water partition coefficient (Wildman–Crippen LogP) is 8.78. The Morgan fingerprint density at radius 3 is 2.00 bits per heavy atom. The average Bonchev–Trinajstić information content (AvgIpc) is 3.03. The number of benzene rings is 2. The van der Waals surface area contributed by atoms with Crippen molar-refractivity contribution in [2.45, 2.75) is 121 Å². The van der Waals surface area contributed by atoms with E-state index < -0.39 is 6.10 Å². The van der Waals surface area contributed by atoms with E-state index in [1.807, 2.05) is 0 Å². The van der Waals surface area contributed by atoms with Gasteiger partial charge in [0.15, 0.2) is 5.78 Å². The highest BCUT2D eigenvalue weighted by Crippen LogP contribution is 2.43. The van der Waals surface area contributed by atoms with Crippen molar-refractivity contribution in [3.63, 3.8) is 0 Å². The molecule has 0 bridgehead atoms. The molecule has 0 aliphatic carbocycles. The van der Waals surface area contributed by atoms with Crippen molar-refractivity contribution in [1.29, 1.82) is 0 Å². The molecule has 0 aliphatic rings. The first-order valence-corrected chi connectivity index (χ1v) is 16.6. The number of hydrogen-bond acceptors (Lipinski definition) is 5. The van der Waals surface area contributed by atoms with Crippen LogP contribution < -0.4 is 4.74 Å².